The van der Waals surface area contributed by atoms with Gasteiger partial charge in [0.2, 0.25) is 0 Å². The van der Waals surface area contributed by atoms with Gasteiger partial charge in [0, 0.05) is 22.9 Å². The first-order valence-electron chi connectivity index (χ1n) is 6.99. The third-order valence-electron chi connectivity index (χ3n) is 3.34. The molecule has 2 heterocycles. The molecule has 0 aliphatic heterocycles. The van der Waals surface area contributed by atoms with E-state index in [1.165, 1.54) is 12.1 Å². The van der Waals surface area contributed by atoms with Crippen molar-refractivity contribution in [1.82, 2.24) is 10.3 Å². The van der Waals surface area contributed by atoms with E-state index in [-0.39, 0.29) is 11.9 Å². The molecule has 1 atom stereocenters. The van der Waals surface area contributed by atoms with Crippen LogP contribution in [-0.4, -0.2) is 11.5 Å². The van der Waals surface area contributed by atoms with Crippen LogP contribution in [0.25, 0.3) is 11.0 Å². The molecule has 2 aromatic heterocycles. The number of hydrogen-bond donors (Lipinski definition) is 1. The lowest BCUT2D eigenvalue weighted by atomic mass is 10.1. The van der Waals surface area contributed by atoms with Crippen LogP contribution in [0, 0.1) is 12.7 Å². The summed E-state index contributed by atoms with van der Waals surface area (Å²) in [6.07, 6.45) is 0.772. The number of halogens is 1. The van der Waals surface area contributed by atoms with Crippen LogP contribution in [0.2, 0.25) is 0 Å². The van der Waals surface area contributed by atoms with Crippen molar-refractivity contribution >= 4 is 22.3 Å². The van der Waals surface area contributed by atoms with E-state index in [0.717, 1.165) is 34.8 Å². The predicted molar refractivity (Wildman–Crippen MR) is 83.1 cm³/mol. The molecule has 0 aliphatic carbocycles. The van der Waals surface area contributed by atoms with Gasteiger partial charge in [0.15, 0.2) is 0 Å². The van der Waals surface area contributed by atoms with Crippen LogP contribution in [0.15, 0.2) is 34.1 Å². The van der Waals surface area contributed by atoms with Crippen molar-refractivity contribution < 1.29 is 8.81 Å². The highest BCUT2D eigenvalue weighted by molar-refractivity contribution is 7.09. The summed E-state index contributed by atoms with van der Waals surface area (Å²) in [5.74, 6) is 0.579. The van der Waals surface area contributed by atoms with Crippen molar-refractivity contribution in [3.63, 3.8) is 0 Å². The number of hydrogen-bond acceptors (Lipinski definition) is 4. The fraction of sp³-hybridized carbons (Fsp3) is 0.312. The summed E-state index contributed by atoms with van der Waals surface area (Å²) >= 11 is 1.65. The zero-order valence-electron chi connectivity index (χ0n) is 12.0. The Kier molecular flexibility index (Phi) is 4.03. The van der Waals surface area contributed by atoms with E-state index in [2.05, 4.69) is 17.2 Å². The molecule has 0 saturated heterocycles. The number of aryl methyl sites for hydroxylation is 1. The predicted octanol–water partition coefficient (Wildman–Crippen LogP) is 4.23. The van der Waals surface area contributed by atoms with E-state index in [1.54, 1.807) is 17.4 Å². The molecule has 0 fully saturated rings. The van der Waals surface area contributed by atoms with Crippen LogP contribution < -0.4 is 5.32 Å². The maximum Gasteiger partial charge on any atom is 0.134 e. The molecule has 3 aromatic rings. The first-order valence-corrected chi connectivity index (χ1v) is 7.87. The standard InChI is InChI=1S/C16H17FN2OS/c1-3-18-13(8-16-19-10(2)9-21-16)15-7-11-6-12(17)4-5-14(11)20-15/h4-7,9,13,18H,3,8H2,1-2H3. The number of likely N-dealkylation sites (N-methyl/N-ethyl adjacent to an activating group) is 1. The maximum atomic E-state index is 13.3. The van der Waals surface area contributed by atoms with Gasteiger partial charge in [-0.05, 0) is 37.7 Å². The molecule has 3 nitrogen and oxygen atoms in total. The normalized spacial score (nSPS) is 12.9. The molecule has 0 radical (unpaired) electrons. The Balaban J connectivity index is 1.90. The first kappa shape index (κ1) is 14.2. The quantitative estimate of drug-likeness (QED) is 0.766. The number of rotatable bonds is 5. The van der Waals surface area contributed by atoms with Crippen molar-refractivity contribution in [2.24, 2.45) is 0 Å². The highest BCUT2D eigenvalue weighted by Gasteiger charge is 2.18. The van der Waals surface area contributed by atoms with E-state index in [9.17, 15) is 4.39 Å². The molecule has 110 valence electrons. The largest absolute Gasteiger partial charge is 0.459 e. The average molecular weight is 304 g/mol. The minimum absolute atomic E-state index is 0.0519. The second-order valence-corrected chi connectivity index (χ2v) is 5.97. The summed E-state index contributed by atoms with van der Waals surface area (Å²) in [5.41, 5.74) is 1.75. The third kappa shape index (κ3) is 3.14. The SMILES string of the molecule is CCNC(Cc1nc(C)cs1)c1cc2cc(F)ccc2o1. The van der Waals surface area contributed by atoms with Gasteiger partial charge in [-0.3, -0.25) is 0 Å². The molecule has 0 amide bonds. The van der Waals surface area contributed by atoms with E-state index in [1.807, 2.05) is 18.4 Å². The van der Waals surface area contributed by atoms with Crippen molar-refractivity contribution in [2.75, 3.05) is 6.54 Å². The molecule has 0 spiro atoms. The summed E-state index contributed by atoms with van der Waals surface area (Å²) in [6, 6.07) is 6.55. The van der Waals surface area contributed by atoms with Gasteiger partial charge in [-0.25, -0.2) is 9.37 Å². The van der Waals surface area contributed by atoms with E-state index >= 15 is 0 Å². The van der Waals surface area contributed by atoms with Crippen LogP contribution in [0.3, 0.4) is 0 Å². The lowest BCUT2D eigenvalue weighted by Crippen LogP contribution is -2.22. The number of nitrogens with zero attached hydrogens (tertiary/aromatic N) is 1. The summed E-state index contributed by atoms with van der Waals surface area (Å²) in [4.78, 5) is 4.50. The minimum atomic E-state index is -0.245. The third-order valence-corrected chi connectivity index (χ3v) is 4.33. The Bertz CT molecular complexity index is 750. The Morgan fingerprint density at radius 1 is 1.38 bits per heavy atom. The smallest absolute Gasteiger partial charge is 0.134 e. The Labute approximate surface area is 126 Å². The first-order chi connectivity index (χ1) is 10.2. The minimum Gasteiger partial charge on any atom is -0.459 e. The van der Waals surface area contributed by atoms with Gasteiger partial charge in [-0.1, -0.05) is 6.92 Å². The van der Waals surface area contributed by atoms with Gasteiger partial charge in [-0.2, -0.15) is 0 Å². The van der Waals surface area contributed by atoms with Crippen molar-refractivity contribution in [3.8, 4) is 0 Å². The monoisotopic (exact) mass is 304 g/mol. The maximum absolute atomic E-state index is 13.3. The summed E-state index contributed by atoms with van der Waals surface area (Å²) < 4.78 is 19.1. The number of thiazole rings is 1. The molecule has 0 aliphatic rings. The molecule has 0 bridgehead atoms. The fourth-order valence-corrected chi connectivity index (χ4v) is 3.22. The van der Waals surface area contributed by atoms with Gasteiger partial charge in [-0.15, -0.1) is 11.3 Å². The van der Waals surface area contributed by atoms with Crippen molar-refractivity contribution in [3.05, 3.63) is 51.9 Å². The second-order valence-electron chi connectivity index (χ2n) is 5.03. The average Bonchev–Trinajstić information content (AvgIpc) is 3.04. The molecule has 5 heteroatoms. The highest BCUT2D eigenvalue weighted by atomic mass is 32.1. The van der Waals surface area contributed by atoms with Crippen LogP contribution in [0.5, 0.6) is 0 Å². The van der Waals surface area contributed by atoms with Gasteiger partial charge in [0.1, 0.15) is 17.2 Å². The zero-order valence-corrected chi connectivity index (χ0v) is 12.8. The molecule has 1 N–H and O–H groups in total. The van der Waals surface area contributed by atoms with Crippen LogP contribution in [0.4, 0.5) is 4.39 Å². The number of benzene rings is 1. The number of fused-ring (bicyclic) bond motifs is 1. The van der Waals surface area contributed by atoms with E-state index < -0.39 is 0 Å². The number of furan rings is 1. The van der Waals surface area contributed by atoms with Crippen LogP contribution in [-0.2, 0) is 6.42 Å². The van der Waals surface area contributed by atoms with Crippen LogP contribution >= 0.6 is 11.3 Å². The van der Waals surface area contributed by atoms with E-state index in [0.29, 0.717) is 5.58 Å². The van der Waals surface area contributed by atoms with Gasteiger partial charge in [0.25, 0.3) is 0 Å². The Morgan fingerprint density at radius 2 is 2.24 bits per heavy atom. The summed E-state index contributed by atoms with van der Waals surface area (Å²) in [6.45, 7) is 4.88. The molecular weight excluding hydrogens is 287 g/mol. The lowest BCUT2D eigenvalue weighted by Gasteiger charge is -2.13. The van der Waals surface area contributed by atoms with Gasteiger partial charge < -0.3 is 9.73 Å². The molecular formula is C16H17FN2OS. The van der Waals surface area contributed by atoms with Crippen LogP contribution in [0.1, 0.15) is 29.4 Å². The van der Waals surface area contributed by atoms with Crippen molar-refractivity contribution in [2.45, 2.75) is 26.3 Å². The Morgan fingerprint density at radius 3 is 2.95 bits per heavy atom. The van der Waals surface area contributed by atoms with Crippen molar-refractivity contribution in [1.29, 1.82) is 0 Å². The lowest BCUT2D eigenvalue weighted by molar-refractivity contribution is 0.434. The fourth-order valence-electron chi connectivity index (χ4n) is 2.40. The molecule has 3 rings (SSSR count). The summed E-state index contributed by atoms with van der Waals surface area (Å²) in [5, 5.41) is 7.33. The number of aromatic nitrogens is 1. The van der Waals surface area contributed by atoms with E-state index in [4.69, 9.17) is 4.42 Å². The molecule has 1 unspecified atom stereocenters. The molecule has 21 heavy (non-hydrogen) atoms. The van der Waals surface area contributed by atoms with Gasteiger partial charge in [0.05, 0.1) is 11.0 Å². The zero-order chi connectivity index (χ0) is 14.8. The van der Waals surface area contributed by atoms with Gasteiger partial charge >= 0.3 is 0 Å². The Hall–Kier alpha value is -1.72. The second kappa shape index (κ2) is 5.95. The topological polar surface area (TPSA) is 38.1 Å². The number of nitrogens with one attached hydrogen (secondary N) is 1. The molecule has 1 aromatic carbocycles. The molecule has 0 saturated carbocycles. The highest BCUT2D eigenvalue weighted by Crippen LogP contribution is 2.27. The summed E-state index contributed by atoms with van der Waals surface area (Å²) in [7, 11) is 0.